The Morgan fingerprint density at radius 1 is 1.32 bits per heavy atom. The molecule has 1 atom stereocenters. The second-order valence-corrected chi connectivity index (χ2v) is 6.09. The molecular formula is C14H14Cl3NO. The first-order chi connectivity index (χ1) is 8.95. The molecule has 0 unspecified atom stereocenters. The molecule has 1 rings (SSSR count). The van der Waals surface area contributed by atoms with Crippen LogP contribution in [0.4, 0.5) is 0 Å². The molecule has 0 aliphatic carbocycles. The summed E-state index contributed by atoms with van der Waals surface area (Å²) in [6.07, 6.45) is 6.19. The van der Waals surface area contributed by atoms with E-state index in [2.05, 4.69) is 11.9 Å². The molecule has 0 saturated heterocycles. The van der Waals surface area contributed by atoms with E-state index in [1.807, 2.05) is 42.5 Å². The van der Waals surface area contributed by atoms with E-state index < -0.39 is 9.70 Å². The maximum Gasteiger partial charge on any atom is 0.272 e. The van der Waals surface area contributed by atoms with E-state index >= 15 is 0 Å². The first kappa shape index (κ1) is 16.1. The Labute approximate surface area is 128 Å². The Hall–Kier alpha value is -0.960. The molecule has 1 aromatic rings. The van der Waals surface area contributed by atoms with Crippen molar-refractivity contribution >= 4 is 40.7 Å². The number of benzene rings is 1. The number of carbonyl (C=O) groups is 1. The zero-order valence-electron chi connectivity index (χ0n) is 10.2. The summed E-state index contributed by atoms with van der Waals surface area (Å²) in [5, 5.41) is 2.68. The van der Waals surface area contributed by atoms with Gasteiger partial charge in [0.05, 0.1) is 6.04 Å². The van der Waals surface area contributed by atoms with Crippen LogP contribution in [-0.4, -0.2) is 9.70 Å². The summed E-state index contributed by atoms with van der Waals surface area (Å²) in [6.45, 7) is 3.63. The van der Waals surface area contributed by atoms with Gasteiger partial charge in [0.1, 0.15) is 0 Å². The van der Waals surface area contributed by atoms with Gasteiger partial charge in [0.2, 0.25) is 0 Å². The van der Waals surface area contributed by atoms with Gasteiger partial charge < -0.3 is 5.32 Å². The number of carbonyl (C=O) groups excluding carboxylic acids is 1. The first-order valence-electron chi connectivity index (χ1n) is 5.65. The third-order valence-electron chi connectivity index (χ3n) is 2.33. The van der Waals surface area contributed by atoms with E-state index in [9.17, 15) is 4.79 Å². The number of allylic oxidation sites excluding steroid dienone is 2. The minimum absolute atomic E-state index is 0.343. The summed E-state index contributed by atoms with van der Waals surface area (Å²) < 4.78 is -1.97. The molecule has 0 fully saturated rings. The van der Waals surface area contributed by atoms with E-state index in [1.165, 1.54) is 0 Å². The molecule has 1 aromatic carbocycles. The lowest BCUT2D eigenvalue weighted by molar-refractivity contribution is -0.120. The molecule has 0 radical (unpaired) electrons. The Morgan fingerprint density at radius 2 is 1.95 bits per heavy atom. The lowest BCUT2D eigenvalue weighted by Gasteiger charge is -2.18. The van der Waals surface area contributed by atoms with Gasteiger partial charge in [-0.3, -0.25) is 4.79 Å². The van der Waals surface area contributed by atoms with Crippen LogP contribution >= 0.6 is 34.8 Å². The minimum atomic E-state index is -1.97. The van der Waals surface area contributed by atoms with Crippen molar-refractivity contribution in [2.75, 3.05) is 0 Å². The van der Waals surface area contributed by atoms with Crippen molar-refractivity contribution < 1.29 is 4.79 Å². The van der Waals surface area contributed by atoms with Crippen molar-refractivity contribution in [3.8, 4) is 0 Å². The lowest BCUT2D eigenvalue weighted by atomic mass is 10.1. The number of hydrogen-bond acceptors (Lipinski definition) is 1. The Morgan fingerprint density at radius 3 is 2.47 bits per heavy atom. The Balaban J connectivity index is 2.88. The predicted molar refractivity (Wildman–Crippen MR) is 81.6 cm³/mol. The van der Waals surface area contributed by atoms with Gasteiger partial charge in [0, 0.05) is 0 Å². The molecule has 0 bridgehead atoms. The van der Waals surface area contributed by atoms with Crippen molar-refractivity contribution in [3.63, 3.8) is 0 Å². The van der Waals surface area contributed by atoms with Gasteiger partial charge in [-0.1, -0.05) is 83.4 Å². The molecule has 2 nitrogen and oxygen atoms in total. The molecule has 0 spiro atoms. The fourth-order valence-electron chi connectivity index (χ4n) is 1.44. The molecule has 19 heavy (non-hydrogen) atoms. The number of halogens is 3. The summed E-state index contributed by atoms with van der Waals surface area (Å²) in [6, 6.07) is 9.09. The van der Waals surface area contributed by atoms with Gasteiger partial charge >= 0.3 is 0 Å². The Kier molecular flexibility index (Phi) is 6.43. The van der Waals surface area contributed by atoms with Crippen molar-refractivity contribution in [1.29, 1.82) is 0 Å². The van der Waals surface area contributed by atoms with E-state index in [1.54, 1.807) is 6.08 Å². The van der Waals surface area contributed by atoms with Crippen molar-refractivity contribution in [2.45, 2.75) is 16.3 Å². The predicted octanol–water partition coefficient (Wildman–Crippen LogP) is 4.35. The highest BCUT2D eigenvalue weighted by Gasteiger charge is 2.31. The summed E-state index contributed by atoms with van der Waals surface area (Å²) in [4.78, 5) is 11.7. The Bertz CT molecular complexity index is 452. The van der Waals surface area contributed by atoms with Gasteiger partial charge in [-0.2, -0.15) is 0 Å². The fraction of sp³-hybridized carbons (Fsp3) is 0.214. The first-order valence-corrected chi connectivity index (χ1v) is 6.78. The summed E-state index contributed by atoms with van der Waals surface area (Å²) in [7, 11) is 0. The second-order valence-electron chi connectivity index (χ2n) is 3.81. The van der Waals surface area contributed by atoms with Gasteiger partial charge in [0.25, 0.3) is 9.70 Å². The summed E-state index contributed by atoms with van der Waals surface area (Å²) in [5.41, 5.74) is 0.908. The van der Waals surface area contributed by atoms with Crippen LogP contribution in [0.15, 0.2) is 55.1 Å². The maximum atomic E-state index is 11.7. The van der Waals surface area contributed by atoms with E-state index in [4.69, 9.17) is 34.8 Å². The maximum absolute atomic E-state index is 11.7. The molecule has 5 heteroatoms. The lowest BCUT2D eigenvalue weighted by Crippen LogP contribution is -2.36. The van der Waals surface area contributed by atoms with Gasteiger partial charge in [0.15, 0.2) is 0 Å². The zero-order valence-corrected chi connectivity index (χ0v) is 12.4. The normalized spacial score (nSPS) is 13.2. The van der Waals surface area contributed by atoms with Crippen LogP contribution < -0.4 is 5.32 Å². The highest BCUT2D eigenvalue weighted by Crippen LogP contribution is 2.27. The van der Waals surface area contributed by atoms with Crippen LogP contribution in [0.5, 0.6) is 0 Å². The quantitative estimate of drug-likeness (QED) is 0.635. The van der Waals surface area contributed by atoms with E-state index in [0.717, 1.165) is 5.56 Å². The van der Waals surface area contributed by atoms with Crippen LogP contribution in [0.2, 0.25) is 0 Å². The van der Waals surface area contributed by atoms with Gasteiger partial charge in [-0.15, -0.1) is 6.58 Å². The third kappa shape index (κ3) is 5.68. The minimum Gasteiger partial charge on any atom is -0.342 e. The van der Waals surface area contributed by atoms with Crippen LogP contribution in [0.3, 0.4) is 0 Å². The second kappa shape index (κ2) is 7.59. The zero-order chi connectivity index (χ0) is 14.3. The topological polar surface area (TPSA) is 29.1 Å². The number of alkyl halides is 3. The average molecular weight is 319 g/mol. The molecule has 0 aliphatic heterocycles. The van der Waals surface area contributed by atoms with Crippen LogP contribution in [0, 0.1) is 0 Å². The van der Waals surface area contributed by atoms with Crippen molar-refractivity contribution in [2.24, 2.45) is 0 Å². The monoisotopic (exact) mass is 317 g/mol. The van der Waals surface area contributed by atoms with E-state index in [-0.39, 0.29) is 6.04 Å². The number of amides is 1. The SMILES string of the molecule is C=CC/C=C/[C@H](NC(=O)C(Cl)(Cl)Cl)c1ccccc1. The molecule has 0 saturated carbocycles. The third-order valence-corrected chi connectivity index (χ3v) is 2.85. The average Bonchev–Trinajstić information content (AvgIpc) is 2.37. The van der Waals surface area contributed by atoms with Gasteiger partial charge in [-0.05, 0) is 12.0 Å². The molecule has 0 aromatic heterocycles. The van der Waals surface area contributed by atoms with Crippen LogP contribution in [0.1, 0.15) is 18.0 Å². The molecule has 102 valence electrons. The highest BCUT2D eigenvalue weighted by atomic mass is 35.6. The standard InChI is InChI=1S/C14H14Cl3NO/c1-2-3-5-10-12(11-8-6-4-7-9-11)18-13(19)14(15,16)17/h2,4-10,12H,1,3H2,(H,18,19)/b10-5+/t12-/m0/s1. The van der Waals surface area contributed by atoms with Crippen LogP contribution in [0.25, 0.3) is 0 Å². The molecular weight excluding hydrogens is 305 g/mol. The highest BCUT2D eigenvalue weighted by molar-refractivity contribution is 6.76. The molecule has 1 N–H and O–H groups in total. The molecule has 1 amide bonds. The van der Waals surface area contributed by atoms with Crippen LogP contribution in [-0.2, 0) is 4.79 Å². The number of rotatable bonds is 5. The van der Waals surface area contributed by atoms with Gasteiger partial charge in [-0.25, -0.2) is 0 Å². The number of nitrogens with one attached hydrogen (secondary N) is 1. The molecule has 0 aliphatic rings. The van der Waals surface area contributed by atoms with E-state index in [0.29, 0.717) is 6.42 Å². The van der Waals surface area contributed by atoms with Crippen molar-refractivity contribution in [3.05, 3.63) is 60.7 Å². The largest absolute Gasteiger partial charge is 0.342 e. The smallest absolute Gasteiger partial charge is 0.272 e. The summed E-state index contributed by atoms with van der Waals surface area (Å²) >= 11 is 16.7. The summed E-state index contributed by atoms with van der Waals surface area (Å²) in [5.74, 6) is -0.658. The van der Waals surface area contributed by atoms with Crippen molar-refractivity contribution in [1.82, 2.24) is 5.32 Å². The molecule has 0 heterocycles. The fourth-order valence-corrected chi connectivity index (χ4v) is 1.60. The number of hydrogen-bond donors (Lipinski definition) is 1.